The van der Waals surface area contributed by atoms with Crippen molar-refractivity contribution >= 4 is 17.7 Å². The normalized spacial score (nSPS) is 37.4. The van der Waals surface area contributed by atoms with E-state index < -0.39 is 59.8 Å². The number of carbonyl (C=O) groups excluding carboxylic acids is 3. The molecule has 0 aromatic carbocycles. The number of esters is 1. The Hall–Kier alpha value is -1.59. The number of piperidine rings is 1. The molecule has 1 saturated carbocycles. The highest BCUT2D eigenvalue weighted by Gasteiger charge is 2.54. The molecule has 0 bridgehead atoms. The minimum Gasteiger partial charge on any atom is -0.460 e. The summed E-state index contributed by atoms with van der Waals surface area (Å²) in [6.45, 7) is 13.8. The fraction of sp³-hybridized carbons (Fsp3) is 0.906. The number of aliphatic hydroxyl groups is 3. The second-order valence-electron chi connectivity index (χ2n) is 13.9. The van der Waals surface area contributed by atoms with Gasteiger partial charge in [-0.05, 0) is 74.5 Å². The molecule has 1 aliphatic carbocycles. The number of ketones is 1. The maximum atomic E-state index is 13.6. The van der Waals surface area contributed by atoms with Gasteiger partial charge in [0.15, 0.2) is 0 Å². The number of likely N-dealkylation sites (tertiary alicyclic amines) is 1. The van der Waals surface area contributed by atoms with E-state index in [2.05, 4.69) is 0 Å². The van der Waals surface area contributed by atoms with Crippen LogP contribution in [0.1, 0.15) is 93.4 Å². The zero-order valence-corrected chi connectivity index (χ0v) is 26.8. The quantitative estimate of drug-likeness (QED) is 0.256. The van der Waals surface area contributed by atoms with Crippen LogP contribution < -0.4 is 0 Å². The van der Waals surface area contributed by atoms with Gasteiger partial charge in [-0.25, -0.2) is 4.79 Å². The summed E-state index contributed by atoms with van der Waals surface area (Å²) in [4.78, 5) is 42.1. The minimum atomic E-state index is -2.24. The van der Waals surface area contributed by atoms with Crippen molar-refractivity contribution in [1.29, 1.82) is 0 Å². The number of amides is 1. The molecule has 3 N–H and O–H groups in total. The van der Waals surface area contributed by atoms with Crippen molar-refractivity contribution in [2.75, 3.05) is 13.7 Å². The zero-order valence-electron chi connectivity index (χ0n) is 26.8. The van der Waals surface area contributed by atoms with Crippen molar-refractivity contribution in [2.24, 2.45) is 35.5 Å². The van der Waals surface area contributed by atoms with E-state index in [0.717, 1.165) is 0 Å². The third-order valence-electron chi connectivity index (χ3n) is 9.93. The molecule has 3 fully saturated rings. The van der Waals surface area contributed by atoms with Crippen molar-refractivity contribution in [3.8, 4) is 0 Å². The van der Waals surface area contributed by atoms with Crippen molar-refractivity contribution in [3.05, 3.63) is 0 Å². The number of rotatable bonds is 10. The van der Waals surface area contributed by atoms with Gasteiger partial charge in [-0.2, -0.15) is 0 Å². The van der Waals surface area contributed by atoms with Crippen molar-refractivity contribution in [3.63, 3.8) is 0 Å². The Bertz CT molecular complexity index is 941. The molecule has 0 aromatic heterocycles. The molecular formula is C32H55NO9. The van der Waals surface area contributed by atoms with Crippen molar-refractivity contribution in [1.82, 2.24) is 4.90 Å². The van der Waals surface area contributed by atoms with Gasteiger partial charge in [0, 0.05) is 19.6 Å². The van der Waals surface area contributed by atoms with Crippen LogP contribution in [-0.4, -0.2) is 93.9 Å². The maximum Gasteiger partial charge on any atom is 0.329 e. The average Bonchev–Trinajstić information content (AvgIpc) is 2.94. The standard InChI is InChI=1S/C32H55NO9/c1-17(2)26(20(6)16-22-12-13-24(34)28(40-8)25(22)35)41-31(38)23-11-9-10-14-33(23)30(37)29(36)32(39)21(7)15-19(5)27(42-32)18(3)4/h17-28,34-35,39H,9-16H2,1-8H3. The summed E-state index contributed by atoms with van der Waals surface area (Å²) in [6, 6.07) is -0.931. The summed E-state index contributed by atoms with van der Waals surface area (Å²) in [5.41, 5.74) is 0. The lowest BCUT2D eigenvalue weighted by Gasteiger charge is -2.46. The molecule has 3 aliphatic rings. The molecule has 10 nitrogen and oxygen atoms in total. The Kier molecular flexibility index (Phi) is 12.0. The Labute approximate surface area is 251 Å². The number of hydrogen-bond acceptors (Lipinski definition) is 9. The largest absolute Gasteiger partial charge is 0.460 e. The van der Waals surface area contributed by atoms with Gasteiger partial charge >= 0.3 is 5.97 Å². The lowest BCUT2D eigenvalue weighted by molar-refractivity contribution is -0.280. The van der Waals surface area contributed by atoms with Crippen LogP contribution in [0.3, 0.4) is 0 Å². The molecule has 0 radical (unpaired) electrons. The molecule has 10 heteroatoms. The first-order valence-corrected chi connectivity index (χ1v) is 16.0. The highest BCUT2D eigenvalue weighted by Crippen LogP contribution is 2.40. The van der Waals surface area contributed by atoms with E-state index in [1.165, 1.54) is 12.0 Å². The first kappa shape index (κ1) is 34.9. The number of aliphatic hydroxyl groups excluding tert-OH is 2. The smallest absolute Gasteiger partial charge is 0.329 e. The van der Waals surface area contributed by atoms with Crippen LogP contribution >= 0.6 is 0 Å². The second-order valence-corrected chi connectivity index (χ2v) is 13.9. The fourth-order valence-corrected chi connectivity index (χ4v) is 7.57. The van der Waals surface area contributed by atoms with E-state index in [1.807, 2.05) is 41.5 Å². The third kappa shape index (κ3) is 7.37. The molecule has 0 spiro atoms. The third-order valence-corrected chi connectivity index (χ3v) is 9.93. The highest BCUT2D eigenvalue weighted by molar-refractivity contribution is 6.39. The van der Waals surface area contributed by atoms with Crippen LogP contribution in [0.25, 0.3) is 0 Å². The monoisotopic (exact) mass is 597 g/mol. The molecule has 1 amide bonds. The van der Waals surface area contributed by atoms with Crippen LogP contribution in [0.15, 0.2) is 0 Å². The molecule has 2 heterocycles. The van der Waals surface area contributed by atoms with Gasteiger partial charge in [-0.3, -0.25) is 9.59 Å². The van der Waals surface area contributed by atoms with E-state index >= 15 is 0 Å². The zero-order chi connectivity index (χ0) is 31.5. The van der Waals surface area contributed by atoms with Crippen LogP contribution in [0.2, 0.25) is 0 Å². The Morgan fingerprint density at radius 1 is 1.02 bits per heavy atom. The van der Waals surface area contributed by atoms with Gasteiger partial charge in [0.25, 0.3) is 11.7 Å². The van der Waals surface area contributed by atoms with E-state index in [1.54, 1.807) is 6.92 Å². The molecule has 242 valence electrons. The lowest BCUT2D eigenvalue weighted by Crippen LogP contribution is -2.62. The number of ether oxygens (including phenoxy) is 3. The van der Waals surface area contributed by atoms with Crippen LogP contribution in [0.5, 0.6) is 0 Å². The first-order valence-electron chi connectivity index (χ1n) is 16.0. The van der Waals surface area contributed by atoms with Gasteiger partial charge in [0.2, 0.25) is 5.79 Å². The predicted molar refractivity (Wildman–Crippen MR) is 156 cm³/mol. The van der Waals surface area contributed by atoms with Gasteiger partial charge in [0.05, 0.1) is 18.3 Å². The topological polar surface area (TPSA) is 143 Å². The molecule has 11 atom stereocenters. The predicted octanol–water partition coefficient (Wildman–Crippen LogP) is 3.08. The van der Waals surface area contributed by atoms with Crippen LogP contribution in [0.4, 0.5) is 0 Å². The average molecular weight is 598 g/mol. The summed E-state index contributed by atoms with van der Waals surface area (Å²) < 4.78 is 17.4. The summed E-state index contributed by atoms with van der Waals surface area (Å²) in [5.74, 6) is -5.40. The molecule has 3 rings (SSSR count). The number of nitrogens with zero attached hydrogens (tertiary/aromatic N) is 1. The Morgan fingerprint density at radius 2 is 1.69 bits per heavy atom. The maximum absolute atomic E-state index is 13.6. The molecule has 42 heavy (non-hydrogen) atoms. The molecule has 2 saturated heterocycles. The van der Waals surface area contributed by atoms with E-state index in [-0.39, 0.29) is 42.2 Å². The number of carbonyl (C=O) groups is 3. The van der Waals surface area contributed by atoms with E-state index in [0.29, 0.717) is 44.9 Å². The Balaban J connectivity index is 1.73. The summed E-state index contributed by atoms with van der Waals surface area (Å²) >= 11 is 0. The van der Waals surface area contributed by atoms with Crippen LogP contribution in [-0.2, 0) is 28.6 Å². The summed E-state index contributed by atoms with van der Waals surface area (Å²) in [6.07, 6.45) is 0.948. The van der Waals surface area contributed by atoms with E-state index in [9.17, 15) is 29.7 Å². The molecule has 2 aliphatic heterocycles. The van der Waals surface area contributed by atoms with Crippen molar-refractivity contribution < 1.29 is 43.9 Å². The minimum absolute atomic E-state index is 0.0324. The SMILES string of the molecule is COC1C(O)CCC(CC(C)C(OC(=O)C2CCCCN2C(=O)C(=O)C2(O)OC(C(C)C)C(C)CC2C)C(C)C)C1O. The van der Waals surface area contributed by atoms with Gasteiger partial charge in [-0.1, -0.05) is 48.5 Å². The van der Waals surface area contributed by atoms with Gasteiger partial charge in [0.1, 0.15) is 18.2 Å². The second kappa shape index (κ2) is 14.5. The highest BCUT2D eigenvalue weighted by atomic mass is 16.6. The molecular weight excluding hydrogens is 542 g/mol. The summed E-state index contributed by atoms with van der Waals surface area (Å²) in [5, 5.41) is 32.4. The summed E-state index contributed by atoms with van der Waals surface area (Å²) in [7, 11) is 1.48. The van der Waals surface area contributed by atoms with Gasteiger partial charge < -0.3 is 34.4 Å². The van der Waals surface area contributed by atoms with Crippen molar-refractivity contribution in [2.45, 2.75) is 136 Å². The number of Topliss-reactive ketones (excluding diaryl/α,β-unsaturated/α-hetero) is 1. The van der Waals surface area contributed by atoms with Gasteiger partial charge in [-0.15, -0.1) is 0 Å². The molecule has 0 aromatic rings. The van der Waals surface area contributed by atoms with Crippen LogP contribution in [0, 0.1) is 35.5 Å². The lowest BCUT2D eigenvalue weighted by atomic mass is 9.76. The number of hydrogen-bond donors (Lipinski definition) is 3. The first-order chi connectivity index (χ1) is 19.6. The van der Waals surface area contributed by atoms with E-state index in [4.69, 9.17) is 14.2 Å². The fourth-order valence-electron chi connectivity index (χ4n) is 7.57. The number of methoxy groups -OCH3 is 1. The molecule has 11 unspecified atom stereocenters. The Morgan fingerprint density at radius 3 is 2.29 bits per heavy atom.